The van der Waals surface area contributed by atoms with Gasteiger partial charge >= 0.3 is 0 Å². The number of benzene rings is 3. The summed E-state index contributed by atoms with van der Waals surface area (Å²) in [6.45, 7) is 0. The molecule has 1 N–H and O–H groups in total. The largest absolute Gasteiger partial charge is 0.325 e. The second-order valence-corrected chi connectivity index (χ2v) is 8.71. The van der Waals surface area contributed by atoms with Crippen molar-refractivity contribution in [2.24, 2.45) is 0 Å². The first-order chi connectivity index (χ1) is 13.4. The molecule has 3 aromatic rings. The first kappa shape index (κ1) is 19.8. The molecule has 5 nitrogen and oxygen atoms in total. The Bertz CT molecular complexity index is 993. The average molecular weight is 394 g/mol. The molecular formula is C22H22N2O3S. The fourth-order valence-corrected chi connectivity index (χ4v) is 3.82. The molecule has 0 atom stereocenters. The van der Waals surface area contributed by atoms with Crippen LogP contribution in [0.1, 0.15) is 17.0 Å². The molecule has 1 amide bonds. The number of amides is 1. The van der Waals surface area contributed by atoms with Gasteiger partial charge in [0.1, 0.15) is 0 Å². The maximum absolute atomic E-state index is 13.1. The number of sulfonamides is 1. The summed E-state index contributed by atoms with van der Waals surface area (Å²) in [4.78, 5) is 13.2. The van der Waals surface area contributed by atoms with Crippen molar-refractivity contribution in [1.82, 2.24) is 4.31 Å². The maximum Gasteiger partial charge on any atom is 0.242 e. The summed E-state index contributed by atoms with van der Waals surface area (Å²) in [5.41, 5.74) is 2.32. The fraction of sp³-hybridized carbons (Fsp3) is 0.136. The van der Waals surface area contributed by atoms with Crippen LogP contribution in [-0.4, -0.2) is 32.7 Å². The smallest absolute Gasteiger partial charge is 0.242 e. The van der Waals surface area contributed by atoms with Crippen molar-refractivity contribution in [2.75, 3.05) is 19.4 Å². The molecule has 0 heterocycles. The highest BCUT2D eigenvalue weighted by Crippen LogP contribution is 2.26. The molecule has 0 radical (unpaired) electrons. The topological polar surface area (TPSA) is 66.5 Å². The molecule has 0 aliphatic carbocycles. The van der Waals surface area contributed by atoms with Gasteiger partial charge in [0.05, 0.1) is 10.8 Å². The minimum atomic E-state index is -3.50. The van der Waals surface area contributed by atoms with E-state index in [1.54, 1.807) is 12.1 Å². The van der Waals surface area contributed by atoms with Crippen molar-refractivity contribution < 1.29 is 13.2 Å². The Morgan fingerprint density at radius 3 is 1.68 bits per heavy atom. The highest BCUT2D eigenvalue weighted by molar-refractivity contribution is 7.89. The van der Waals surface area contributed by atoms with E-state index in [1.807, 2.05) is 60.7 Å². The molecule has 0 saturated carbocycles. The molecule has 0 unspecified atom stereocenters. The van der Waals surface area contributed by atoms with E-state index in [-0.39, 0.29) is 10.8 Å². The Labute approximate surface area is 165 Å². The summed E-state index contributed by atoms with van der Waals surface area (Å²) in [5.74, 6) is -0.645. The molecule has 0 saturated heterocycles. The Balaban J connectivity index is 1.87. The van der Waals surface area contributed by atoms with Crippen LogP contribution in [0.25, 0.3) is 0 Å². The molecule has 6 heteroatoms. The predicted octanol–water partition coefficient (Wildman–Crippen LogP) is 3.71. The van der Waals surface area contributed by atoms with Crippen molar-refractivity contribution in [3.8, 4) is 0 Å². The average Bonchev–Trinajstić information content (AvgIpc) is 2.70. The zero-order chi connectivity index (χ0) is 20.1. The van der Waals surface area contributed by atoms with Crippen LogP contribution >= 0.6 is 0 Å². The van der Waals surface area contributed by atoms with E-state index >= 15 is 0 Å². The molecule has 0 aliphatic heterocycles. The van der Waals surface area contributed by atoms with Crippen molar-refractivity contribution >= 4 is 21.6 Å². The molecule has 0 aromatic heterocycles. The quantitative estimate of drug-likeness (QED) is 0.693. The summed E-state index contributed by atoms with van der Waals surface area (Å²) in [6, 6.07) is 25.3. The van der Waals surface area contributed by atoms with Gasteiger partial charge in [-0.15, -0.1) is 0 Å². The lowest BCUT2D eigenvalue weighted by Gasteiger charge is -2.18. The third kappa shape index (κ3) is 4.30. The lowest BCUT2D eigenvalue weighted by molar-refractivity contribution is -0.116. The monoisotopic (exact) mass is 394 g/mol. The molecule has 0 spiro atoms. The SMILES string of the molecule is CN(C)S(=O)(=O)c1ccc(NC(=O)C(c2ccccc2)c2ccccc2)cc1. The van der Waals surface area contributed by atoms with E-state index in [9.17, 15) is 13.2 Å². The standard InChI is InChI=1S/C22H22N2O3S/c1-24(2)28(26,27)20-15-13-19(14-16-20)23-22(25)21(17-9-5-3-6-10-17)18-11-7-4-8-12-18/h3-16,21H,1-2H3,(H,23,25). The second kappa shape index (κ2) is 8.37. The first-order valence-corrected chi connectivity index (χ1v) is 10.3. The molecule has 3 rings (SSSR count). The highest BCUT2D eigenvalue weighted by atomic mass is 32.2. The Morgan fingerprint density at radius 2 is 1.25 bits per heavy atom. The van der Waals surface area contributed by atoms with Crippen LogP contribution in [0, 0.1) is 0 Å². The molecule has 0 aliphatic rings. The minimum Gasteiger partial charge on any atom is -0.325 e. The van der Waals surface area contributed by atoms with Crippen LogP contribution in [0.5, 0.6) is 0 Å². The Morgan fingerprint density at radius 1 is 0.786 bits per heavy atom. The lowest BCUT2D eigenvalue weighted by atomic mass is 9.90. The van der Waals surface area contributed by atoms with Crippen molar-refractivity contribution in [2.45, 2.75) is 10.8 Å². The van der Waals surface area contributed by atoms with Crippen LogP contribution in [0.2, 0.25) is 0 Å². The van der Waals surface area contributed by atoms with E-state index in [0.717, 1.165) is 15.4 Å². The van der Waals surface area contributed by atoms with Gasteiger partial charge < -0.3 is 5.32 Å². The number of anilines is 1. The van der Waals surface area contributed by atoms with E-state index in [2.05, 4.69) is 5.32 Å². The molecule has 0 fully saturated rings. The van der Waals surface area contributed by atoms with Gasteiger partial charge in [0.15, 0.2) is 0 Å². The van der Waals surface area contributed by atoms with Gasteiger partial charge in [0.2, 0.25) is 15.9 Å². The van der Waals surface area contributed by atoms with Gasteiger partial charge in [-0.3, -0.25) is 4.79 Å². The molecule has 144 valence electrons. The van der Waals surface area contributed by atoms with Crippen LogP contribution in [0.3, 0.4) is 0 Å². The third-order valence-electron chi connectivity index (χ3n) is 4.43. The van der Waals surface area contributed by atoms with Crippen LogP contribution in [0.4, 0.5) is 5.69 Å². The van der Waals surface area contributed by atoms with Crippen LogP contribution in [0.15, 0.2) is 89.8 Å². The molecular weight excluding hydrogens is 372 g/mol. The summed E-state index contributed by atoms with van der Waals surface area (Å²) >= 11 is 0. The van der Waals surface area contributed by atoms with E-state index in [4.69, 9.17) is 0 Å². The van der Waals surface area contributed by atoms with Crippen molar-refractivity contribution in [3.63, 3.8) is 0 Å². The zero-order valence-electron chi connectivity index (χ0n) is 15.7. The number of hydrogen-bond donors (Lipinski definition) is 1. The number of carbonyl (C=O) groups excluding carboxylic acids is 1. The predicted molar refractivity (Wildman–Crippen MR) is 111 cm³/mol. The lowest BCUT2D eigenvalue weighted by Crippen LogP contribution is -2.23. The van der Waals surface area contributed by atoms with E-state index < -0.39 is 15.9 Å². The van der Waals surface area contributed by atoms with Gasteiger partial charge in [-0.2, -0.15) is 0 Å². The zero-order valence-corrected chi connectivity index (χ0v) is 16.6. The summed E-state index contributed by atoms with van der Waals surface area (Å²) in [5, 5.41) is 2.90. The van der Waals surface area contributed by atoms with E-state index in [1.165, 1.54) is 26.2 Å². The number of nitrogens with one attached hydrogen (secondary N) is 1. The molecule has 3 aromatic carbocycles. The van der Waals surface area contributed by atoms with Gasteiger partial charge in [-0.25, -0.2) is 12.7 Å². The van der Waals surface area contributed by atoms with Crippen molar-refractivity contribution in [1.29, 1.82) is 0 Å². The van der Waals surface area contributed by atoms with E-state index in [0.29, 0.717) is 5.69 Å². The van der Waals surface area contributed by atoms with Gasteiger partial charge in [0.25, 0.3) is 0 Å². The second-order valence-electron chi connectivity index (χ2n) is 6.56. The maximum atomic E-state index is 13.1. The molecule has 28 heavy (non-hydrogen) atoms. The van der Waals surface area contributed by atoms with Crippen molar-refractivity contribution in [3.05, 3.63) is 96.1 Å². The fourth-order valence-electron chi connectivity index (χ4n) is 2.92. The molecule has 0 bridgehead atoms. The van der Waals surface area contributed by atoms with Crippen LogP contribution in [-0.2, 0) is 14.8 Å². The summed E-state index contributed by atoms with van der Waals surface area (Å²) in [6.07, 6.45) is 0. The van der Waals surface area contributed by atoms with Crippen LogP contribution < -0.4 is 5.32 Å². The van der Waals surface area contributed by atoms with Gasteiger partial charge in [-0.1, -0.05) is 60.7 Å². The Hall–Kier alpha value is -2.96. The number of carbonyl (C=O) groups is 1. The normalized spacial score (nSPS) is 11.6. The summed E-state index contributed by atoms with van der Waals surface area (Å²) in [7, 11) is -0.541. The highest BCUT2D eigenvalue weighted by Gasteiger charge is 2.23. The van der Waals surface area contributed by atoms with Gasteiger partial charge in [-0.05, 0) is 35.4 Å². The third-order valence-corrected chi connectivity index (χ3v) is 6.26. The number of rotatable bonds is 6. The van der Waals surface area contributed by atoms with Gasteiger partial charge in [0, 0.05) is 19.8 Å². The Kier molecular flexibility index (Phi) is 5.92. The minimum absolute atomic E-state index is 0.179. The summed E-state index contributed by atoms with van der Waals surface area (Å²) < 4.78 is 25.5. The number of hydrogen-bond acceptors (Lipinski definition) is 3. The first-order valence-electron chi connectivity index (χ1n) is 8.83. The number of nitrogens with zero attached hydrogens (tertiary/aromatic N) is 1.